The molecule has 4 heterocycles. The van der Waals surface area contributed by atoms with Gasteiger partial charge < -0.3 is 16.0 Å². The molecule has 3 N–H and O–H groups in total. The van der Waals surface area contributed by atoms with Gasteiger partial charge in [-0.1, -0.05) is 18.2 Å². The number of hydrogen-bond donors (Lipinski definition) is 3. The molecule has 200 valence electrons. The molecule has 0 radical (unpaired) electrons. The van der Waals surface area contributed by atoms with Crippen molar-refractivity contribution in [3.63, 3.8) is 0 Å². The van der Waals surface area contributed by atoms with Crippen molar-refractivity contribution < 1.29 is 9.59 Å². The lowest BCUT2D eigenvalue weighted by atomic mass is 10.3. The number of amides is 2. The zero-order chi connectivity index (χ0) is 28.3. The van der Waals surface area contributed by atoms with Crippen LogP contribution in [0.3, 0.4) is 0 Å². The Labute approximate surface area is 238 Å². The molecule has 0 aliphatic heterocycles. The molecule has 0 bridgehead atoms. The van der Waals surface area contributed by atoms with Gasteiger partial charge in [0.15, 0.2) is 17.2 Å². The average molecular weight is 598 g/mol. The van der Waals surface area contributed by atoms with E-state index in [0.29, 0.717) is 21.8 Å². The normalized spacial score (nSPS) is 10.1. The third-order valence-corrected chi connectivity index (χ3v) is 5.71. The van der Waals surface area contributed by atoms with Gasteiger partial charge in [-0.2, -0.15) is 0 Å². The molecule has 11 nitrogen and oxygen atoms in total. The van der Waals surface area contributed by atoms with Gasteiger partial charge in [0.1, 0.15) is 4.60 Å². The number of aromatic nitrogens is 6. The molecule has 0 aliphatic rings. The molecule has 5 aromatic rings. The van der Waals surface area contributed by atoms with Crippen LogP contribution >= 0.6 is 15.9 Å². The summed E-state index contributed by atoms with van der Waals surface area (Å²) in [5, 5.41) is 8.64. The molecule has 4 aromatic heterocycles. The van der Waals surface area contributed by atoms with Gasteiger partial charge in [0, 0.05) is 65.6 Å². The van der Waals surface area contributed by atoms with E-state index >= 15 is 0 Å². The highest BCUT2D eigenvalue weighted by atomic mass is 79.9. The van der Waals surface area contributed by atoms with Crippen LogP contribution in [0.15, 0.2) is 96.4 Å². The van der Waals surface area contributed by atoms with Crippen molar-refractivity contribution in [1.82, 2.24) is 29.9 Å². The molecule has 0 atom stereocenters. The summed E-state index contributed by atoms with van der Waals surface area (Å²) >= 11 is 3.18. The number of carbonyl (C=O) groups excluding carboxylic acids is 2. The number of para-hydroxylation sites is 1. The number of carbonyl (C=O) groups is 2. The lowest BCUT2D eigenvalue weighted by Crippen LogP contribution is -2.16. The Hall–Kier alpha value is -5.10. The predicted octanol–water partition coefficient (Wildman–Crippen LogP) is 5.37. The number of nitrogens with one attached hydrogen (secondary N) is 3. The monoisotopic (exact) mass is 597 g/mol. The number of nitrogens with zero attached hydrogens (tertiary/aromatic N) is 6. The molecule has 1 aromatic carbocycles. The first-order chi connectivity index (χ1) is 19.4. The second-order valence-corrected chi connectivity index (χ2v) is 8.97. The lowest BCUT2D eigenvalue weighted by molar-refractivity contribution is 0.101. The summed E-state index contributed by atoms with van der Waals surface area (Å²) in [6.45, 7) is 3.72. The molecule has 5 rings (SSSR count). The Kier molecular flexibility index (Phi) is 9.51. The van der Waals surface area contributed by atoms with Crippen molar-refractivity contribution in [3.8, 4) is 0 Å². The first kappa shape index (κ1) is 27.9. The Morgan fingerprint density at radius 3 is 1.70 bits per heavy atom. The van der Waals surface area contributed by atoms with Crippen molar-refractivity contribution in [2.24, 2.45) is 0 Å². The zero-order valence-corrected chi connectivity index (χ0v) is 23.1. The van der Waals surface area contributed by atoms with E-state index in [1.54, 1.807) is 42.9 Å². The smallest absolute Gasteiger partial charge is 0.278 e. The summed E-state index contributed by atoms with van der Waals surface area (Å²) in [6, 6.07) is 16.5. The van der Waals surface area contributed by atoms with Crippen LogP contribution in [0.2, 0.25) is 0 Å². The standard InChI is InChI=1S/C17H15N5O.C11H9BrN4O/c1-12-11-14(7-8-18-12)22-17(23)15-16(20-10-9-19-15)21-13-5-3-2-4-6-13;1-7-6-8(2-3-13-7)16-11(17)9-10(12)15-5-4-14-9/h2-11H,1H3,(H,20,21)(H,18,22,23);2-6H,1H3,(H,13,16,17). The number of pyridine rings is 2. The van der Waals surface area contributed by atoms with Gasteiger partial charge in [0.05, 0.1) is 0 Å². The van der Waals surface area contributed by atoms with E-state index in [1.165, 1.54) is 18.6 Å². The first-order valence-electron chi connectivity index (χ1n) is 12.0. The van der Waals surface area contributed by atoms with E-state index < -0.39 is 0 Å². The number of halogens is 1. The van der Waals surface area contributed by atoms with Gasteiger partial charge in [-0.25, -0.2) is 19.9 Å². The summed E-state index contributed by atoms with van der Waals surface area (Å²) in [5.74, 6) is -0.236. The fraction of sp³-hybridized carbons (Fsp3) is 0.0714. The van der Waals surface area contributed by atoms with Crippen LogP contribution in [0.1, 0.15) is 32.4 Å². The molecule has 12 heteroatoms. The number of aryl methyl sites for hydroxylation is 2. The quantitative estimate of drug-likeness (QED) is 0.235. The van der Waals surface area contributed by atoms with Gasteiger partial charge in [0.2, 0.25) is 0 Å². The molecule has 0 aliphatic carbocycles. The van der Waals surface area contributed by atoms with Crippen molar-refractivity contribution in [1.29, 1.82) is 0 Å². The summed E-state index contributed by atoms with van der Waals surface area (Å²) in [5.41, 5.74) is 4.32. The summed E-state index contributed by atoms with van der Waals surface area (Å²) < 4.78 is 0.420. The fourth-order valence-electron chi connectivity index (χ4n) is 3.35. The van der Waals surface area contributed by atoms with Crippen molar-refractivity contribution >= 4 is 50.6 Å². The molecule has 0 saturated carbocycles. The summed E-state index contributed by atoms with van der Waals surface area (Å²) in [6.07, 6.45) is 9.29. The third kappa shape index (κ3) is 7.95. The van der Waals surface area contributed by atoms with Gasteiger partial charge in [0.25, 0.3) is 11.8 Å². The van der Waals surface area contributed by atoms with E-state index in [1.807, 2.05) is 44.2 Å². The summed E-state index contributed by atoms with van der Waals surface area (Å²) in [7, 11) is 0. The SMILES string of the molecule is Cc1cc(NC(=O)c2nccnc2Br)ccn1.Cc1cc(NC(=O)c2nccnc2Nc2ccccc2)ccn1. The van der Waals surface area contributed by atoms with Gasteiger partial charge in [-0.3, -0.25) is 19.6 Å². The highest BCUT2D eigenvalue weighted by molar-refractivity contribution is 9.10. The number of rotatable bonds is 6. The maximum absolute atomic E-state index is 12.5. The zero-order valence-electron chi connectivity index (χ0n) is 21.5. The van der Waals surface area contributed by atoms with Crippen LogP contribution in [0.4, 0.5) is 22.9 Å². The molecular formula is C28H24BrN9O2. The predicted molar refractivity (Wildman–Crippen MR) is 155 cm³/mol. The minimum absolute atomic E-state index is 0.228. The maximum Gasteiger partial charge on any atom is 0.278 e. The first-order valence-corrected chi connectivity index (χ1v) is 12.8. The minimum Gasteiger partial charge on any atom is -0.338 e. The Morgan fingerprint density at radius 1 is 0.600 bits per heavy atom. The molecule has 0 spiro atoms. The van der Waals surface area contributed by atoms with E-state index in [0.717, 1.165) is 17.1 Å². The second kappa shape index (κ2) is 13.6. The fourth-order valence-corrected chi connectivity index (χ4v) is 3.76. The Morgan fingerprint density at radius 2 is 1.12 bits per heavy atom. The number of hydrogen-bond acceptors (Lipinski definition) is 9. The van der Waals surface area contributed by atoms with Crippen molar-refractivity contribution in [3.05, 3.63) is 119 Å². The van der Waals surface area contributed by atoms with E-state index in [9.17, 15) is 9.59 Å². The molecule has 0 fully saturated rings. The van der Waals surface area contributed by atoms with Crippen LogP contribution < -0.4 is 16.0 Å². The highest BCUT2D eigenvalue weighted by Gasteiger charge is 2.15. The topological polar surface area (TPSA) is 148 Å². The van der Waals surface area contributed by atoms with E-state index in [2.05, 4.69) is 61.8 Å². The molecular weight excluding hydrogens is 574 g/mol. The van der Waals surface area contributed by atoms with Gasteiger partial charge in [-0.05, 0) is 66.2 Å². The van der Waals surface area contributed by atoms with Crippen LogP contribution in [-0.4, -0.2) is 41.7 Å². The van der Waals surface area contributed by atoms with E-state index in [4.69, 9.17) is 0 Å². The van der Waals surface area contributed by atoms with E-state index in [-0.39, 0.29) is 23.2 Å². The largest absolute Gasteiger partial charge is 0.338 e. The molecule has 2 amide bonds. The Balaban J connectivity index is 0.000000194. The second-order valence-electron chi connectivity index (χ2n) is 8.22. The third-order valence-electron chi connectivity index (χ3n) is 5.13. The highest BCUT2D eigenvalue weighted by Crippen LogP contribution is 2.18. The van der Waals surface area contributed by atoms with Crippen molar-refractivity contribution in [2.75, 3.05) is 16.0 Å². The summed E-state index contributed by atoms with van der Waals surface area (Å²) in [4.78, 5) is 48.7. The average Bonchev–Trinajstić information content (AvgIpc) is 2.94. The minimum atomic E-state index is -0.331. The lowest BCUT2D eigenvalue weighted by Gasteiger charge is -2.10. The van der Waals surface area contributed by atoms with Crippen LogP contribution in [0, 0.1) is 13.8 Å². The van der Waals surface area contributed by atoms with Crippen molar-refractivity contribution in [2.45, 2.75) is 13.8 Å². The molecule has 0 saturated heterocycles. The Bertz CT molecular complexity index is 1620. The maximum atomic E-state index is 12.5. The van der Waals surface area contributed by atoms with Crippen LogP contribution in [0.25, 0.3) is 0 Å². The number of anilines is 4. The van der Waals surface area contributed by atoms with Gasteiger partial charge >= 0.3 is 0 Å². The van der Waals surface area contributed by atoms with Gasteiger partial charge in [-0.15, -0.1) is 0 Å². The molecule has 0 unspecified atom stereocenters. The van der Waals surface area contributed by atoms with Crippen LogP contribution in [-0.2, 0) is 0 Å². The van der Waals surface area contributed by atoms with Crippen LogP contribution in [0.5, 0.6) is 0 Å². The molecule has 40 heavy (non-hydrogen) atoms. The number of benzene rings is 1.